The van der Waals surface area contributed by atoms with Crippen LogP contribution in [0.15, 0.2) is 29.7 Å². The second-order valence-corrected chi connectivity index (χ2v) is 17.5. The number of anilines is 1. The molecule has 0 amide bonds. The van der Waals surface area contributed by atoms with Gasteiger partial charge in [-0.15, -0.1) is 0 Å². The normalized spacial score (nSPS) is 26.3. The van der Waals surface area contributed by atoms with E-state index in [0.29, 0.717) is 28.3 Å². The smallest absolute Gasteiger partial charge is 0.382 e. The highest BCUT2D eigenvalue weighted by Crippen LogP contribution is 2.67. The number of ether oxygens (including phenoxy) is 3. The Morgan fingerprint density at radius 1 is 0.958 bits per heavy atom. The van der Waals surface area contributed by atoms with Crippen LogP contribution in [-0.4, -0.2) is 71.2 Å². The van der Waals surface area contributed by atoms with Crippen molar-refractivity contribution < 1.29 is 55.7 Å². The molecule has 266 valence electrons. The highest BCUT2D eigenvalue weighted by atomic mass is 32.2. The lowest BCUT2D eigenvalue weighted by molar-refractivity contribution is -0.152. The molecule has 5 N–H and O–H groups in total. The van der Waals surface area contributed by atoms with Crippen LogP contribution in [0.2, 0.25) is 0 Å². The minimum Gasteiger partial charge on any atom is -0.382 e. The van der Waals surface area contributed by atoms with E-state index in [9.17, 15) is 28.4 Å². The zero-order valence-electron chi connectivity index (χ0n) is 26.8. The van der Waals surface area contributed by atoms with Crippen LogP contribution in [0.5, 0.6) is 0 Å². The fraction of sp³-hybridized carbons (Fsp3) is 0.593. The van der Waals surface area contributed by atoms with Crippen molar-refractivity contribution in [3.63, 3.8) is 0 Å². The van der Waals surface area contributed by atoms with E-state index in [1.54, 1.807) is 18.4 Å². The molecule has 2 aliphatic heterocycles. The van der Waals surface area contributed by atoms with Crippen LogP contribution < -0.4 is 11.0 Å². The van der Waals surface area contributed by atoms with Gasteiger partial charge in [-0.05, 0) is 56.4 Å². The molecule has 5 unspecified atom stereocenters. The summed E-state index contributed by atoms with van der Waals surface area (Å²) in [6.45, 7) is 6.87. The largest absolute Gasteiger partial charge is 0.488 e. The Hall–Kier alpha value is -1.75. The molecule has 48 heavy (non-hydrogen) atoms. The number of fused-ring (bicyclic) bond motifs is 2. The van der Waals surface area contributed by atoms with Crippen molar-refractivity contribution in [2.45, 2.75) is 95.8 Å². The average molecular weight is 752 g/mol. The summed E-state index contributed by atoms with van der Waals surface area (Å²) in [4.78, 5) is 44.2. The van der Waals surface area contributed by atoms with Gasteiger partial charge in [0.05, 0.1) is 18.2 Å². The number of nitrogens with zero attached hydrogens (tertiary/aromatic N) is 4. The Labute approximate surface area is 281 Å². The van der Waals surface area contributed by atoms with Gasteiger partial charge in [0.25, 0.3) is 0 Å². The van der Waals surface area contributed by atoms with Crippen LogP contribution in [0.3, 0.4) is 0 Å². The first-order valence-corrected chi connectivity index (χ1v) is 20.9. The molecule has 5 rings (SSSR count). The summed E-state index contributed by atoms with van der Waals surface area (Å²) >= 11 is 1.43. The molecule has 0 saturated carbocycles. The van der Waals surface area contributed by atoms with E-state index >= 15 is 0 Å². The van der Waals surface area contributed by atoms with Crippen LogP contribution in [-0.2, 0) is 41.1 Å². The van der Waals surface area contributed by atoms with Crippen LogP contribution in [0, 0.1) is 13.8 Å². The van der Waals surface area contributed by atoms with Crippen LogP contribution in [0.4, 0.5) is 5.82 Å². The van der Waals surface area contributed by atoms with Gasteiger partial charge in [0.15, 0.2) is 29.1 Å². The topological polar surface area (TPSA) is 237 Å². The Morgan fingerprint density at radius 2 is 1.71 bits per heavy atom. The van der Waals surface area contributed by atoms with E-state index in [4.69, 9.17) is 24.5 Å². The molecule has 2 fully saturated rings. The monoisotopic (exact) mass is 751 g/mol. The van der Waals surface area contributed by atoms with Crippen LogP contribution >= 0.6 is 35.0 Å². The Morgan fingerprint density at radius 3 is 2.42 bits per heavy atom. The van der Waals surface area contributed by atoms with Crippen LogP contribution in [0.1, 0.15) is 63.3 Å². The molecule has 3 aromatic rings. The van der Waals surface area contributed by atoms with Gasteiger partial charge in [0, 0.05) is 5.75 Å². The first kappa shape index (κ1) is 37.5. The molecule has 1 aromatic carbocycles. The summed E-state index contributed by atoms with van der Waals surface area (Å²) in [5.74, 6) is 0.961. The van der Waals surface area contributed by atoms with Crippen molar-refractivity contribution >= 4 is 57.3 Å². The molecule has 8 atom stereocenters. The predicted molar refractivity (Wildman–Crippen MR) is 175 cm³/mol. The fourth-order valence-electron chi connectivity index (χ4n) is 5.24. The van der Waals surface area contributed by atoms with Crippen LogP contribution in [0.25, 0.3) is 11.2 Å². The molecular weight excluding hydrogens is 711 g/mol. The van der Waals surface area contributed by atoms with Gasteiger partial charge in [-0.1, -0.05) is 44.5 Å². The van der Waals surface area contributed by atoms with Crippen molar-refractivity contribution in [1.29, 1.82) is 0 Å². The van der Waals surface area contributed by atoms with E-state index in [1.807, 2.05) is 6.92 Å². The maximum absolute atomic E-state index is 12.8. The second-order valence-electron chi connectivity index (χ2n) is 11.4. The van der Waals surface area contributed by atoms with Gasteiger partial charge in [-0.25, -0.2) is 28.4 Å². The molecule has 4 heterocycles. The lowest BCUT2D eigenvalue weighted by Crippen LogP contribution is -2.31. The second kappa shape index (κ2) is 15.2. The number of thioether (sulfide) groups is 1. The van der Waals surface area contributed by atoms with Crippen molar-refractivity contribution in [1.82, 2.24) is 19.5 Å². The average Bonchev–Trinajstić information content (AvgIpc) is 3.69. The Kier molecular flexibility index (Phi) is 11.9. The zero-order chi connectivity index (χ0) is 34.9. The Balaban J connectivity index is 1.32. The molecular formula is C27H40N5O12P3S. The number of nitrogens with two attached hydrogens (primary N) is 1. The highest BCUT2D eigenvalue weighted by molar-refractivity contribution is 7.99. The van der Waals surface area contributed by atoms with Crippen molar-refractivity contribution in [2.75, 3.05) is 18.1 Å². The van der Waals surface area contributed by atoms with E-state index in [0.717, 1.165) is 37.0 Å². The third-order valence-electron chi connectivity index (χ3n) is 7.72. The molecule has 0 radical (unpaired) electrons. The number of imidazole rings is 1. The van der Waals surface area contributed by atoms with Gasteiger partial charge in [-0.2, -0.15) is 4.31 Å². The number of phosphoric ester groups is 1. The first-order valence-electron chi connectivity index (χ1n) is 15.4. The fourth-order valence-corrected chi connectivity index (χ4v) is 10.0. The minimum absolute atomic E-state index is 0.187. The molecule has 2 aliphatic rings. The number of phosphoric acid groups is 2. The maximum Gasteiger partial charge on any atom is 0.488 e. The third kappa shape index (κ3) is 8.75. The molecule has 0 spiro atoms. The number of nitrogen functional groups attached to an aromatic ring is 1. The van der Waals surface area contributed by atoms with Gasteiger partial charge >= 0.3 is 23.2 Å². The summed E-state index contributed by atoms with van der Waals surface area (Å²) in [6.07, 6.45) is 1.71. The number of aryl methyl sites for hydroxylation is 2. The summed E-state index contributed by atoms with van der Waals surface area (Å²) < 4.78 is 72.4. The first-order chi connectivity index (χ1) is 22.6. The highest BCUT2D eigenvalue weighted by Gasteiger charge is 2.54. The predicted octanol–water partition coefficient (Wildman–Crippen LogP) is 4.88. The van der Waals surface area contributed by atoms with Gasteiger partial charge in [-0.3, -0.25) is 13.7 Å². The summed E-state index contributed by atoms with van der Waals surface area (Å²) in [5.41, 5.74) is 8.33. The molecule has 2 aromatic heterocycles. The summed E-state index contributed by atoms with van der Waals surface area (Å²) in [7, 11) is -16.0. The van der Waals surface area contributed by atoms with Crippen molar-refractivity contribution in [3.8, 4) is 0 Å². The van der Waals surface area contributed by atoms with E-state index in [1.165, 1.54) is 36.3 Å². The van der Waals surface area contributed by atoms with Gasteiger partial charge in [0.2, 0.25) is 0 Å². The SMILES string of the molecule is CCCCCC1OC2[C@@H](O1)[C@@H](COP(=O)(O)OP(=O)(O)OP(=O)(O)c1ccc(C)c(C)c1)O[C@H]2n1cnc2c(N)nc(SCCC)nc21. The van der Waals surface area contributed by atoms with Gasteiger partial charge < -0.3 is 34.6 Å². The van der Waals surface area contributed by atoms with Crippen molar-refractivity contribution in [2.24, 2.45) is 0 Å². The molecule has 21 heteroatoms. The van der Waals surface area contributed by atoms with E-state index in [-0.39, 0.29) is 11.1 Å². The lowest BCUT2D eigenvalue weighted by Gasteiger charge is -2.22. The number of rotatable bonds is 16. The van der Waals surface area contributed by atoms with Gasteiger partial charge in [0.1, 0.15) is 23.8 Å². The lowest BCUT2D eigenvalue weighted by atomic mass is 10.1. The number of unbranched alkanes of at least 4 members (excludes halogenated alkanes) is 2. The number of aromatic nitrogens is 4. The third-order valence-corrected chi connectivity index (χ3v) is 13.5. The zero-order valence-corrected chi connectivity index (χ0v) is 30.3. The Bertz CT molecular complexity index is 1760. The minimum atomic E-state index is -5.62. The standard InChI is InChI=1S/C27H40N5O12P3S/c1-5-7-8-9-20-41-22-19(14-39-46(35,36)44-47(37,38)43-45(33,34)18-11-10-16(3)17(4)13-18)40-26(23(22)42-20)32-15-29-21-24(28)30-27(31-25(21)32)48-12-6-2/h10-11,13,15,19-20,22-23,26H,5-9,12,14H2,1-4H3,(H,33,34)(H,35,36)(H,37,38)(H2,28,30,31)/t19-,20?,22+,23?,26-/m1/s1. The maximum atomic E-state index is 12.8. The van der Waals surface area contributed by atoms with E-state index < -0.39 is 60.7 Å². The molecule has 2 saturated heterocycles. The quantitative estimate of drug-likeness (QED) is 0.0660. The number of hydrogen-bond donors (Lipinski definition) is 4. The molecule has 0 aliphatic carbocycles. The summed E-state index contributed by atoms with van der Waals surface area (Å²) in [5, 5.41) is 0.147. The van der Waals surface area contributed by atoms with Crippen molar-refractivity contribution in [3.05, 3.63) is 35.7 Å². The van der Waals surface area contributed by atoms with E-state index in [2.05, 4.69) is 30.5 Å². The molecule has 17 nitrogen and oxygen atoms in total. The number of hydrogen-bond acceptors (Lipinski definition) is 14. The number of benzene rings is 1. The summed E-state index contributed by atoms with van der Waals surface area (Å²) in [6, 6.07) is 4.05. The molecule has 0 bridgehead atoms.